The summed E-state index contributed by atoms with van der Waals surface area (Å²) >= 11 is 0. The zero-order chi connectivity index (χ0) is 57.9. The highest BCUT2D eigenvalue weighted by atomic mass is 31.2. The molecule has 0 fully saturated rings. The van der Waals surface area contributed by atoms with Gasteiger partial charge in [-0.1, -0.05) is 309 Å². The Kier molecular flexibility index (Phi) is 58.5. The maximum Gasteiger partial charge on any atom is 0.306 e. The first-order valence-electron chi connectivity index (χ1n) is 34.6. The third kappa shape index (κ3) is 60.9. The molecule has 0 spiro atoms. The number of nitrogens with zero attached hydrogens (tertiary/aromatic N) is 1. The smallest absolute Gasteiger partial charge is 0.306 e. The Morgan fingerprint density at radius 2 is 0.734 bits per heavy atom. The van der Waals surface area contributed by atoms with E-state index in [2.05, 4.69) is 38.2 Å². The number of ether oxygens (including phenoxy) is 1. The molecule has 79 heavy (non-hydrogen) atoms. The molecule has 0 aliphatic heterocycles. The lowest BCUT2D eigenvalue weighted by Crippen LogP contribution is -2.47. The van der Waals surface area contributed by atoms with Crippen molar-refractivity contribution in [1.82, 2.24) is 5.32 Å². The molecular formula is C69H135N2O7P. The van der Waals surface area contributed by atoms with Crippen molar-refractivity contribution in [3.05, 3.63) is 24.3 Å². The zero-order valence-electron chi connectivity index (χ0n) is 53.6. The van der Waals surface area contributed by atoms with Gasteiger partial charge in [0.2, 0.25) is 5.91 Å². The van der Waals surface area contributed by atoms with Gasteiger partial charge >= 0.3 is 5.97 Å². The van der Waals surface area contributed by atoms with E-state index in [1.807, 2.05) is 33.3 Å². The topological polar surface area (TPSA) is 114 Å². The lowest BCUT2D eigenvalue weighted by Gasteiger charge is -2.30. The highest BCUT2D eigenvalue weighted by Crippen LogP contribution is 2.38. The van der Waals surface area contributed by atoms with Crippen LogP contribution in [0, 0.1) is 0 Å². The Morgan fingerprint density at radius 3 is 1.08 bits per heavy atom. The molecule has 0 aliphatic rings. The average Bonchev–Trinajstić information content (AvgIpc) is 3.41. The molecule has 0 radical (unpaired) electrons. The number of quaternary nitrogens is 1. The molecule has 3 unspecified atom stereocenters. The average molecular weight is 1140 g/mol. The number of hydrogen-bond acceptors (Lipinski definition) is 7. The van der Waals surface area contributed by atoms with E-state index in [0.717, 1.165) is 57.8 Å². The summed E-state index contributed by atoms with van der Waals surface area (Å²) in [6, 6.07) is -0.882. The van der Waals surface area contributed by atoms with Crippen LogP contribution in [0.4, 0.5) is 0 Å². The van der Waals surface area contributed by atoms with Crippen molar-refractivity contribution in [3.8, 4) is 0 Å². The number of likely N-dealkylation sites (N-methyl/N-ethyl adjacent to an activating group) is 1. The summed E-state index contributed by atoms with van der Waals surface area (Å²) < 4.78 is 30.4. The Morgan fingerprint density at radius 1 is 0.430 bits per heavy atom. The van der Waals surface area contributed by atoms with Crippen molar-refractivity contribution in [2.75, 3.05) is 40.9 Å². The van der Waals surface area contributed by atoms with Crippen LogP contribution in [0.3, 0.4) is 0 Å². The van der Waals surface area contributed by atoms with Gasteiger partial charge in [-0.05, 0) is 57.4 Å². The van der Waals surface area contributed by atoms with Gasteiger partial charge in [0.25, 0.3) is 7.82 Å². The first-order valence-corrected chi connectivity index (χ1v) is 36.1. The summed E-state index contributed by atoms with van der Waals surface area (Å²) in [5.74, 6) is -0.519. The van der Waals surface area contributed by atoms with E-state index in [1.54, 1.807) is 0 Å². The minimum atomic E-state index is -4.69. The largest absolute Gasteiger partial charge is 0.756 e. The fraction of sp³-hybridized carbons (Fsp3) is 0.913. The Balaban J connectivity index is 4.97. The Labute approximate surface area is 492 Å². The van der Waals surface area contributed by atoms with Gasteiger partial charge in [0.05, 0.1) is 33.8 Å². The molecule has 9 nitrogen and oxygen atoms in total. The van der Waals surface area contributed by atoms with Crippen LogP contribution in [0.2, 0.25) is 0 Å². The molecule has 3 atom stereocenters. The number of hydrogen-bond donors (Lipinski definition) is 1. The highest BCUT2D eigenvalue weighted by molar-refractivity contribution is 7.45. The second-order valence-electron chi connectivity index (χ2n) is 25.0. The summed E-state index contributed by atoms with van der Waals surface area (Å²) in [5, 5.41) is 3.05. The molecule has 0 aliphatic carbocycles. The molecular weight excluding hydrogens is 1000 g/mol. The molecule has 0 heterocycles. The predicted octanol–water partition coefficient (Wildman–Crippen LogP) is 21.0. The van der Waals surface area contributed by atoms with Crippen LogP contribution in [0.5, 0.6) is 0 Å². The molecule has 0 saturated carbocycles. The molecule has 0 saturated heterocycles. The van der Waals surface area contributed by atoms with Crippen molar-refractivity contribution in [2.24, 2.45) is 0 Å². The van der Waals surface area contributed by atoms with Crippen LogP contribution in [-0.4, -0.2) is 69.4 Å². The second kappa shape index (κ2) is 59.6. The van der Waals surface area contributed by atoms with Crippen LogP contribution >= 0.6 is 7.82 Å². The second-order valence-corrected chi connectivity index (χ2v) is 26.5. The number of allylic oxidation sites excluding steroid dienone is 3. The van der Waals surface area contributed by atoms with Crippen molar-refractivity contribution >= 4 is 19.7 Å². The molecule has 0 aromatic carbocycles. The standard InChI is InChI=1S/C69H135N2O7P/c1-7-10-13-16-19-22-25-28-29-30-31-32-33-34-35-36-37-38-39-40-41-44-46-49-52-55-58-61-68(72)70-66(65-77-79(74,75)76-64-63-71(4,5)6)67(60-57-54-51-48-45-42-26-23-20-17-14-11-8-2)78-69(73)62-59-56-53-50-47-43-27-24-21-18-15-12-9-3/h28-29,57,60,66-67H,7-27,30-56,58-59,61-65H2,1-6H3,(H-,70,72,74,75)/b29-28+,60-57-. The third-order valence-electron chi connectivity index (χ3n) is 15.9. The van der Waals surface area contributed by atoms with Crippen LogP contribution in [0.1, 0.15) is 355 Å². The van der Waals surface area contributed by atoms with Gasteiger partial charge in [0.1, 0.15) is 19.3 Å². The van der Waals surface area contributed by atoms with Crippen LogP contribution < -0.4 is 10.2 Å². The summed E-state index contributed by atoms with van der Waals surface area (Å²) in [7, 11) is 1.21. The zero-order valence-corrected chi connectivity index (χ0v) is 54.5. The highest BCUT2D eigenvalue weighted by Gasteiger charge is 2.27. The fourth-order valence-corrected chi connectivity index (χ4v) is 11.2. The van der Waals surface area contributed by atoms with E-state index in [0.29, 0.717) is 17.4 Å². The lowest BCUT2D eigenvalue weighted by molar-refractivity contribution is -0.870. The summed E-state index contributed by atoms with van der Waals surface area (Å²) in [4.78, 5) is 40.1. The number of phosphoric acid groups is 1. The van der Waals surface area contributed by atoms with Gasteiger partial charge in [0, 0.05) is 12.8 Å². The van der Waals surface area contributed by atoms with E-state index in [9.17, 15) is 19.0 Å². The van der Waals surface area contributed by atoms with Gasteiger partial charge in [-0.15, -0.1) is 0 Å². The summed E-state index contributed by atoms with van der Waals surface area (Å²) in [5.41, 5.74) is 0. The molecule has 1 amide bonds. The molecule has 10 heteroatoms. The molecule has 0 aromatic heterocycles. The van der Waals surface area contributed by atoms with Crippen LogP contribution in [0.25, 0.3) is 0 Å². The first-order chi connectivity index (χ1) is 38.4. The van der Waals surface area contributed by atoms with Gasteiger partial charge in [-0.25, -0.2) is 0 Å². The predicted molar refractivity (Wildman–Crippen MR) is 340 cm³/mol. The number of unbranched alkanes of at least 4 members (excludes halogenated alkanes) is 46. The van der Waals surface area contributed by atoms with Gasteiger partial charge < -0.3 is 28.5 Å². The minimum Gasteiger partial charge on any atom is -0.756 e. The lowest BCUT2D eigenvalue weighted by atomic mass is 10.0. The molecule has 0 bridgehead atoms. The minimum absolute atomic E-state index is 0.0178. The maximum atomic E-state index is 13.6. The monoisotopic (exact) mass is 1140 g/mol. The van der Waals surface area contributed by atoms with Crippen LogP contribution in [-0.2, 0) is 27.9 Å². The van der Waals surface area contributed by atoms with Gasteiger partial charge in [-0.2, -0.15) is 0 Å². The third-order valence-corrected chi connectivity index (χ3v) is 16.8. The Hall–Kier alpha value is -1.51. The summed E-state index contributed by atoms with van der Waals surface area (Å²) in [6.07, 6.45) is 71.6. The van der Waals surface area contributed by atoms with E-state index < -0.39 is 20.0 Å². The number of carbonyl (C=O) groups excluding carboxylic acids is 2. The number of nitrogens with one attached hydrogen (secondary N) is 1. The van der Waals surface area contributed by atoms with E-state index in [1.165, 1.54) is 263 Å². The quantitative estimate of drug-likeness (QED) is 0.0212. The number of amides is 1. The molecule has 0 rings (SSSR count). The van der Waals surface area contributed by atoms with E-state index >= 15 is 0 Å². The normalized spacial score (nSPS) is 13.7. The molecule has 468 valence electrons. The number of phosphoric ester groups is 1. The SMILES string of the molecule is CCCCCCCC/C=C/CCCCCCCCCCCCCCCCCCCC(=O)NC(COP(=O)([O-])OCC[N+](C)(C)C)C(/C=C\CCCCCCCCCCCCC)OC(=O)CCCCCCCCCCCCCCC. The van der Waals surface area contributed by atoms with Crippen molar-refractivity contribution < 1.29 is 37.3 Å². The van der Waals surface area contributed by atoms with E-state index in [-0.39, 0.29) is 31.5 Å². The number of carbonyl (C=O) groups is 2. The van der Waals surface area contributed by atoms with Crippen molar-refractivity contribution in [1.29, 1.82) is 0 Å². The van der Waals surface area contributed by atoms with Crippen LogP contribution in [0.15, 0.2) is 24.3 Å². The number of esters is 1. The maximum absolute atomic E-state index is 13.6. The van der Waals surface area contributed by atoms with Gasteiger partial charge in [0.15, 0.2) is 0 Å². The van der Waals surface area contributed by atoms with Crippen molar-refractivity contribution in [3.63, 3.8) is 0 Å². The van der Waals surface area contributed by atoms with E-state index in [4.69, 9.17) is 13.8 Å². The fourth-order valence-electron chi connectivity index (χ4n) is 10.5. The first kappa shape index (κ1) is 77.5. The summed E-state index contributed by atoms with van der Waals surface area (Å²) in [6.45, 7) is 6.90. The van der Waals surface area contributed by atoms with Crippen molar-refractivity contribution in [2.45, 2.75) is 367 Å². The Bertz CT molecular complexity index is 1400. The number of rotatable bonds is 64. The van der Waals surface area contributed by atoms with Gasteiger partial charge in [-0.3, -0.25) is 14.2 Å². The molecule has 1 N–H and O–H groups in total. The molecule has 0 aromatic rings.